The third-order valence-corrected chi connectivity index (χ3v) is 5.36. The van der Waals surface area contributed by atoms with E-state index in [9.17, 15) is 13.2 Å². The van der Waals surface area contributed by atoms with Gasteiger partial charge in [0.25, 0.3) is 0 Å². The van der Waals surface area contributed by atoms with E-state index in [1.165, 1.54) is 0 Å². The van der Waals surface area contributed by atoms with Crippen LogP contribution in [0.2, 0.25) is 0 Å². The maximum atomic E-state index is 12.1. The first-order valence-electron chi connectivity index (χ1n) is 7.88. The van der Waals surface area contributed by atoms with E-state index < -0.39 is 9.05 Å². The standard InChI is InChI=1S/C18H18ClNO4S/c1-13-4-2-3-5-17(13)24-16-8-6-15(7-9-16)20-11-14(10-18(20)21)12-25(19,22)23/h2-9,14H,10-12H2,1H3. The molecule has 1 saturated heterocycles. The van der Waals surface area contributed by atoms with Crippen LogP contribution in [0.1, 0.15) is 12.0 Å². The Balaban J connectivity index is 1.70. The van der Waals surface area contributed by atoms with Crippen LogP contribution < -0.4 is 9.64 Å². The van der Waals surface area contributed by atoms with Gasteiger partial charge in [0.15, 0.2) is 0 Å². The third kappa shape index (κ3) is 4.52. The van der Waals surface area contributed by atoms with E-state index in [1.54, 1.807) is 29.2 Å². The maximum absolute atomic E-state index is 12.1. The van der Waals surface area contributed by atoms with Gasteiger partial charge in [0.2, 0.25) is 15.0 Å². The van der Waals surface area contributed by atoms with E-state index in [0.29, 0.717) is 12.3 Å². The Bertz CT molecular complexity index is 880. The molecule has 7 heteroatoms. The first-order valence-corrected chi connectivity index (χ1v) is 10.4. The largest absolute Gasteiger partial charge is 0.457 e. The number of para-hydroxylation sites is 1. The summed E-state index contributed by atoms with van der Waals surface area (Å²) in [4.78, 5) is 13.7. The van der Waals surface area contributed by atoms with E-state index in [-0.39, 0.29) is 24.0 Å². The van der Waals surface area contributed by atoms with Gasteiger partial charge in [-0.15, -0.1) is 0 Å². The van der Waals surface area contributed by atoms with Crippen molar-refractivity contribution < 1.29 is 17.9 Å². The van der Waals surface area contributed by atoms with Crippen molar-refractivity contribution in [2.75, 3.05) is 17.2 Å². The Morgan fingerprint density at radius 3 is 2.48 bits per heavy atom. The maximum Gasteiger partial charge on any atom is 0.232 e. The van der Waals surface area contributed by atoms with Gasteiger partial charge in [-0.05, 0) is 42.8 Å². The minimum Gasteiger partial charge on any atom is -0.457 e. The quantitative estimate of drug-likeness (QED) is 0.743. The fourth-order valence-corrected chi connectivity index (χ4v) is 4.24. The van der Waals surface area contributed by atoms with Crippen LogP contribution in [0.5, 0.6) is 11.5 Å². The molecular formula is C18H18ClNO4S. The second kappa shape index (κ2) is 7.06. The highest BCUT2D eigenvalue weighted by molar-refractivity contribution is 8.13. The van der Waals surface area contributed by atoms with Crippen molar-refractivity contribution in [3.8, 4) is 11.5 Å². The van der Waals surface area contributed by atoms with Gasteiger partial charge in [-0.3, -0.25) is 4.79 Å². The summed E-state index contributed by atoms with van der Waals surface area (Å²) in [6.07, 6.45) is 0.188. The van der Waals surface area contributed by atoms with Crippen LogP contribution >= 0.6 is 10.7 Å². The number of carbonyl (C=O) groups is 1. The molecule has 1 aliphatic rings. The highest BCUT2D eigenvalue weighted by Gasteiger charge is 2.33. The summed E-state index contributed by atoms with van der Waals surface area (Å²) in [7, 11) is 1.68. The molecule has 1 atom stereocenters. The zero-order valence-corrected chi connectivity index (χ0v) is 15.3. The van der Waals surface area contributed by atoms with Gasteiger partial charge in [0.05, 0.1) is 5.75 Å². The molecule has 1 unspecified atom stereocenters. The number of halogens is 1. The van der Waals surface area contributed by atoms with Crippen molar-refractivity contribution in [3.63, 3.8) is 0 Å². The van der Waals surface area contributed by atoms with Gasteiger partial charge in [-0.1, -0.05) is 18.2 Å². The second-order valence-corrected chi connectivity index (χ2v) is 8.96. The van der Waals surface area contributed by atoms with Gasteiger partial charge in [0, 0.05) is 35.3 Å². The van der Waals surface area contributed by atoms with Crippen LogP contribution in [-0.4, -0.2) is 26.6 Å². The average Bonchev–Trinajstić information content (AvgIpc) is 2.89. The van der Waals surface area contributed by atoms with E-state index >= 15 is 0 Å². The molecule has 132 valence electrons. The Morgan fingerprint density at radius 1 is 1.16 bits per heavy atom. The molecule has 3 rings (SSSR count). The van der Waals surface area contributed by atoms with Crippen molar-refractivity contribution in [2.45, 2.75) is 13.3 Å². The number of ether oxygens (including phenoxy) is 1. The molecule has 2 aromatic rings. The number of hydrogen-bond donors (Lipinski definition) is 0. The first-order chi connectivity index (χ1) is 11.8. The van der Waals surface area contributed by atoms with Crippen molar-refractivity contribution in [1.29, 1.82) is 0 Å². The van der Waals surface area contributed by atoms with Crippen LogP contribution in [0.15, 0.2) is 48.5 Å². The summed E-state index contributed by atoms with van der Waals surface area (Å²) in [5.74, 6) is 0.880. The summed E-state index contributed by atoms with van der Waals surface area (Å²) < 4.78 is 28.2. The highest BCUT2D eigenvalue weighted by atomic mass is 35.7. The zero-order valence-electron chi connectivity index (χ0n) is 13.7. The van der Waals surface area contributed by atoms with E-state index in [1.807, 2.05) is 31.2 Å². The van der Waals surface area contributed by atoms with E-state index in [4.69, 9.17) is 15.4 Å². The molecule has 0 aliphatic carbocycles. The lowest BCUT2D eigenvalue weighted by Crippen LogP contribution is -2.25. The Morgan fingerprint density at radius 2 is 1.84 bits per heavy atom. The fraction of sp³-hybridized carbons (Fsp3) is 0.278. The number of carbonyl (C=O) groups excluding carboxylic acids is 1. The number of aryl methyl sites for hydroxylation is 1. The second-order valence-electron chi connectivity index (χ2n) is 6.14. The topological polar surface area (TPSA) is 63.7 Å². The van der Waals surface area contributed by atoms with Crippen LogP contribution in [0.25, 0.3) is 0 Å². The summed E-state index contributed by atoms with van der Waals surface area (Å²) in [6.45, 7) is 2.32. The highest BCUT2D eigenvalue weighted by Crippen LogP contribution is 2.30. The molecule has 0 saturated carbocycles. The minimum atomic E-state index is -3.61. The van der Waals surface area contributed by atoms with Gasteiger partial charge in [-0.25, -0.2) is 8.42 Å². The summed E-state index contributed by atoms with van der Waals surface area (Å²) in [5, 5.41) is 0. The molecule has 1 fully saturated rings. The molecule has 5 nitrogen and oxygen atoms in total. The number of benzene rings is 2. The van der Waals surface area contributed by atoms with Gasteiger partial charge in [-0.2, -0.15) is 0 Å². The summed E-state index contributed by atoms with van der Waals surface area (Å²) >= 11 is 0. The molecule has 0 bridgehead atoms. The lowest BCUT2D eigenvalue weighted by Gasteiger charge is -2.17. The van der Waals surface area contributed by atoms with Crippen LogP contribution in [0.3, 0.4) is 0 Å². The van der Waals surface area contributed by atoms with Crippen molar-refractivity contribution >= 4 is 31.3 Å². The molecule has 0 aromatic heterocycles. The molecule has 0 spiro atoms. The normalized spacial score (nSPS) is 17.8. The molecule has 0 N–H and O–H groups in total. The first kappa shape index (κ1) is 17.8. The smallest absolute Gasteiger partial charge is 0.232 e. The molecular weight excluding hydrogens is 362 g/mol. The molecule has 2 aromatic carbocycles. The number of rotatable bonds is 5. The number of hydrogen-bond acceptors (Lipinski definition) is 4. The third-order valence-electron chi connectivity index (χ3n) is 4.11. The summed E-state index contributed by atoms with van der Waals surface area (Å²) in [6, 6.07) is 14.9. The molecule has 25 heavy (non-hydrogen) atoms. The van der Waals surface area contributed by atoms with E-state index in [0.717, 1.165) is 17.0 Å². The lowest BCUT2D eigenvalue weighted by atomic mass is 10.1. The van der Waals surface area contributed by atoms with Crippen LogP contribution in [-0.2, 0) is 13.8 Å². The summed E-state index contributed by atoms with van der Waals surface area (Å²) in [5.41, 5.74) is 1.75. The number of anilines is 1. The van der Waals surface area contributed by atoms with Gasteiger partial charge in [0.1, 0.15) is 11.5 Å². The van der Waals surface area contributed by atoms with Gasteiger partial charge >= 0.3 is 0 Å². The Kier molecular flexibility index (Phi) is 5.01. The van der Waals surface area contributed by atoms with Crippen molar-refractivity contribution in [2.24, 2.45) is 5.92 Å². The Hall–Kier alpha value is -2.05. The molecule has 1 aliphatic heterocycles. The molecule has 1 heterocycles. The van der Waals surface area contributed by atoms with Crippen molar-refractivity contribution in [1.82, 2.24) is 0 Å². The Labute approximate surface area is 151 Å². The number of amides is 1. The number of nitrogens with zero attached hydrogens (tertiary/aromatic N) is 1. The van der Waals surface area contributed by atoms with E-state index in [2.05, 4.69) is 0 Å². The molecule has 1 amide bonds. The lowest BCUT2D eigenvalue weighted by molar-refractivity contribution is -0.117. The van der Waals surface area contributed by atoms with Crippen molar-refractivity contribution in [3.05, 3.63) is 54.1 Å². The van der Waals surface area contributed by atoms with Crippen LogP contribution in [0, 0.1) is 12.8 Å². The van der Waals surface area contributed by atoms with Crippen LogP contribution in [0.4, 0.5) is 5.69 Å². The predicted molar refractivity (Wildman–Crippen MR) is 97.8 cm³/mol. The minimum absolute atomic E-state index is 0.0992. The average molecular weight is 380 g/mol. The van der Waals surface area contributed by atoms with Gasteiger partial charge < -0.3 is 9.64 Å². The zero-order chi connectivity index (χ0) is 18.0. The predicted octanol–water partition coefficient (Wildman–Crippen LogP) is 3.71. The fourth-order valence-electron chi connectivity index (χ4n) is 2.92. The molecule has 0 radical (unpaired) electrons. The monoisotopic (exact) mass is 379 g/mol. The SMILES string of the molecule is Cc1ccccc1Oc1ccc(N2CC(CS(=O)(=O)Cl)CC2=O)cc1.